The van der Waals surface area contributed by atoms with Gasteiger partial charge in [0, 0.05) is 13.1 Å². The molecule has 7 heteroatoms. The molecule has 1 fully saturated rings. The Balaban J connectivity index is 2.34. The first-order chi connectivity index (χ1) is 8.50. The van der Waals surface area contributed by atoms with Crippen molar-refractivity contribution < 1.29 is 13.5 Å². The van der Waals surface area contributed by atoms with Gasteiger partial charge >= 0.3 is 0 Å². The summed E-state index contributed by atoms with van der Waals surface area (Å²) in [4.78, 5) is 0.141. The molecule has 1 atom stereocenters. The van der Waals surface area contributed by atoms with Crippen LogP contribution in [0.1, 0.15) is 31.2 Å². The van der Waals surface area contributed by atoms with Crippen molar-refractivity contribution in [3.05, 3.63) is 11.4 Å². The summed E-state index contributed by atoms with van der Waals surface area (Å²) in [5.74, 6) is 0.435. The minimum absolute atomic E-state index is 0.141. The summed E-state index contributed by atoms with van der Waals surface area (Å²) in [5.41, 5.74) is 0.687. The van der Waals surface area contributed by atoms with Gasteiger partial charge in [-0.05, 0) is 19.3 Å². The molecule has 18 heavy (non-hydrogen) atoms. The normalized spacial score (nSPS) is 21.6. The predicted octanol–water partition coefficient (Wildman–Crippen LogP) is 0.631. The van der Waals surface area contributed by atoms with Crippen LogP contribution in [0, 0.1) is 12.8 Å². The van der Waals surface area contributed by atoms with Gasteiger partial charge in [-0.25, -0.2) is 8.42 Å². The van der Waals surface area contributed by atoms with E-state index < -0.39 is 10.0 Å². The molecule has 1 aliphatic rings. The van der Waals surface area contributed by atoms with Crippen molar-refractivity contribution in [2.24, 2.45) is 5.92 Å². The Bertz CT molecular complexity index is 524. The van der Waals surface area contributed by atoms with Crippen molar-refractivity contribution >= 4 is 10.0 Å². The van der Waals surface area contributed by atoms with E-state index in [-0.39, 0.29) is 17.2 Å². The highest BCUT2D eigenvalue weighted by molar-refractivity contribution is 7.89. The predicted molar refractivity (Wildman–Crippen MR) is 66.4 cm³/mol. The van der Waals surface area contributed by atoms with Crippen LogP contribution in [0.25, 0.3) is 0 Å². The maximum atomic E-state index is 12.5. The average Bonchev–Trinajstić information content (AvgIpc) is 2.95. The third-order valence-corrected chi connectivity index (χ3v) is 5.60. The second kappa shape index (κ2) is 4.99. The van der Waals surface area contributed by atoms with Crippen LogP contribution in [0.3, 0.4) is 0 Å². The number of nitrogens with zero attached hydrogens (tertiary/aromatic N) is 2. The lowest BCUT2D eigenvalue weighted by Crippen LogP contribution is -2.29. The molecule has 0 aliphatic carbocycles. The number of aliphatic hydroxyl groups is 1. The molecule has 0 saturated carbocycles. The molecule has 0 amide bonds. The summed E-state index contributed by atoms with van der Waals surface area (Å²) in [7, 11) is -3.53. The Morgan fingerprint density at radius 3 is 2.83 bits per heavy atom. The van der Waals surface area contributed by atoms with E-state index in [0.717, 1.165) is 12.8 Å². The zero-order chi connectivity index (χ0) is 13.3. The van der Waals surface area contributed by atoms with Crippen molar-refractivity contribution in [2.75, 3.05) is 13.1 Å². The molecule has 1 saturated heterocycles. The van der Waals surface area contributed by atoms with E-state index in [1.54, 1.807) is 6.92 Å². The van der Waals surface area contributed by atoms with Crippen LogP contribution >= 0.6 is 0 Å². The van der Waals surface area contributed by atoms with Crippen LogP contribution < -0.4 is 0 Å². The van der Waals surface area contributed by atoms with Crippen LogP contribution in [0.2, 0.25) is 0 Å². The van der Waals surface area contributed by atoms with E-state index in [4.69, 9.17) is 0 Å². The van der Waals surface area contributed by atoms with E-state index in [0.29, 0.717) is 24.7 Å². The minimum atomic E-state index is -3.53. The third kappa shape index (κ3) is 2.17. The van der Waals surface area contributed by atoms with Gasteiger partial charge in [0.15, 0.2) is 0 Å². The number of aliphatic hydroxyl groups excluding tert-OH is 1. The first-order valence-corrected chi connectivity index (χ1v) is 7.59. The van der Waals surface area contributed by atoms with Crippen molar-refractivity contribution in [3.63, 3.8) is 0 Å². The number of aromatic amines is 1. The molecular weight excluding hydrogens is 254 g/mol. The Morgan fingerprint density at radius 2 is 2.28 bits per heavy atom. The Kier molecular flexibility index (Phi) is 3.74. The number of aryl methyl sites for hydroxylation is 1. The highest BCUT2D eigenvalue weighted by atomic mass is 32.2. The smallest absolute Gasteiger partial charge is 0.246 e. The largest absolute Gasteiger partial charge is 0.390 e. The first kappa shape index (κ1) is 13.5. The van der Waals surface area contributed by atoms with Gasteiger partial charge < -0.3 is 5.11 Å². The number of hydrogen-bond acceptors (Lipinski definition) is 4. The van der Waals surface area contributed by atoms with E-state index >= 15 is 0 Å². The molecule has 1 unspecified atom stereocenters. The summed E-state index contributed by atoms with van der Waals surface area (Å²) in [6.45, 7) is 4.48. The van der Waals surface area contributed by atoms with Crippen LogP contribution in [-0.4, -0.2) is 41.1 Å². The third-order valence-electron chi connectivity index (χ3n) is 3.53. The van der Waals surface area contributed by atoms with E-state index in [9.17, 15) is 13.5 Å². The lowest BCUT2D eigenvalue weighted by molar-refractivity contribution is 0.273. The lowest BCUT2D eigenvalue weighted by atomic mass is 10.1. The Hall–Kier alpha value is -0.920. The average molecular weight is 273 g/mol. The van der Waals surface area contributed by atoms with Gasteiger partial charge in [-0.2, -0.15) is 9.40 Å². The molecule has 1 aromatic rings. The molecule has 2 N–H and O–H groups in total. The molecule has 2 rings (SSSR count). The zero-order valence-corrected chi connectivity index (χ0v) is 11.5. The highest BCUT2D eigenvalue weighted by Gasteiger charge is 2.35. The molecule has 1 aliphatic heterocycles. The summed E-state index contributed by atoms with van der Waals surface area (Å²) >= 11 is 0. The molecular formula is C11H19N3O3S. The number of nitrogens with one attached hydrogen (secondary N) is 1. The molecule has 0 radical (unpaired) electrons. The van der Waals surface area contributed by atoms with Crippen molar-refractivity contribution in [2.45, 2.75) is 38.2 Å². The number of rotatable bonds is 4. The summed E-state index contributed by atoms with van der Waals surface area (Å²) in [6, 6.07) is 0. The fourth-order valence-corrected chi connectivity index (χ4v) is 4.25. The van der Waals surface area contributed by atoms with E-state index in [1.165, 1.54) is 4.31 Å². The van der Waals surface area contributed by atoms with Crippen LogP contribution in [0.4, 0.5) is 0 Å². The van der Waals surface area contributed by atoms with Gasteiger partial charge in [-0.1, -0.05) is 13.3 Å². The molecule has 2 heterocycles. The van der Waals surface area contributed by atoms with Crippen molar-refractivity contribution in [1.29, 1.82) is 0 Å². The number of H-pyrrole nitrogens is 1. The van der Waals surface area contributed by atoms with Crippen LogP contribution in [-0.2, 0) is 16.6 Å². The summed E-state index contributed by atoms with van der Waals surface area (Å²) in [5, 5.41) is 15.6. The molecule has 0 bridgehead atoms. The Morgan fingerprint density at radius 1 is 1.56 bits per heavy atom. The van der Waals surface area contributed by atoms with Gasteiger partial charge in [-0.15, -0.1) is 0 Å². The maximum Gasteiger partial charge on any atom is 0.246 e. The lowest BCUT2D eigenvalue weighted by Gasteiger charge is -2.16. The molecule has 1 aromatic heterocycles. The fourth-order valence-electron chi connectivity index (χ4n) is 2.40. The maximum absolute atomic E-state index is 12.5. The number of aromatic nitrogens is 2. The Labute approximate surface area is 107 Å². The standard InChI is InChI=1S/C11H19N3O3S/c1-3-9-4-5-14(6-9)18(16,17)11-8(2)12-13-10(11)7-15/h9,15H,3-7H2,1-2H3,(H,12,13). The fraction of sp³-hybridized carbons (Fsp3) is 0.727. The molecule has 0 aromatic carbocycles. The van der Waals surface area contributed by atoms with Crippen LogP contribution in [0.5, 0.6) is 0 Å². The van der Waals surface area contributed by atoms with Crippen molar-refractivity contribution in [1.82, 2.24) is 14.5 Å². The van der Waals surface area contributed by atoms with Gasteiger partial charge in [0.2, 0.25) is 10.0 Å². The number of hydrogen-bond donors (Lipinski definition) is 2. The van der Waals surface area contributed by atoms with Gasteiger partial charge in [0.25, 0.3) is 0 Å². The highest BCUT2D eigenvalue weighted by Crippen LogP contribution is 2.28. The molecule has 0 spiro atoms. The zero-order valence-electron chi connectivity index (χ0n) is 10.7. The minimum Gasteiger partial charge on any atom is -0.390 e. The topological polar surface area (TPSA) is 86.3 Å². The molecule has 102 valence electrons. The van der Waals surface area contributed by atoms with Crippen molar-refractivity contribution in [3.8, 4) is 0 Å². The van der Waals surface area contributed by atoms with Gasteiger partial charge in [0.05, 0.1) is 12.3 Å². The summed E-state index contributed by atoms with van der Waals surface area (Å²) in [6.07, 6.45) is 1.89. The second-order valence-corrected chi connectivity index (χ2v) is 6.58. The molecule has 6 nitrogen and oxygen atoms in total. The summed E-state index contributed by atoms with van der Waals surface area (Å²) < 4.78 is 26.5. The number of sulfonamides is 1. The van der Waals surface area contributed by atoms with E-state index in [2.05, 4.69) is 17.1 Å². The van der Waals surface area contributed by atoms with Gasteiger partial charge in [-0.3, -0.25) is 5.10 Å². The van der Waals surface area contributed by atoms with Crippen LogP contribution in [0.15, 0.2) is 4.90 Å². The van der Waals surface area contributed by atoms with E-state index in [1.807, 2.05) is 0 Å². The quantitative estimate of drug-likeness (QED) is 0.842. The second-order valence-electron chi connectivity index (χ2n) is 4.71. The van der Waals surface area contributed by atoms with Gasteiger partial charge in [0.1, 0.15) is 10.6 Å². The first-order valence-electron chi connectivity index (χ1n) is 6.15. The SMILES string of the molecule is CCC1CCN(S(=O)(=O)c2c(CO)n[nH]c2C)C1. The monoisotopic (exact) mass is 273 g/mol.